The average Bonchev–Trinajstić information content (AvgIpc) is 3.08. The topological polar surface area (TPSA) is 34.0 Å². The van der Waals surface area contributed by atoms with E-state index in [1.807, 2.05) is 42.3 Å². The van der Waals surface area contributed by atoms with Gasteiger partial charge in [-0.3, -0.25) is 14.6 Å². The third-order valence-corrected chi connectivity index (χ3v) is 5.69. The fourth-order valence-electron chi connectivity index (χ4n) is 3.84. The maximum absolute atomic E-state index is 6.08. The van der Waals surface area contributed by atoms with E-state index in [4.69, 9.17) is 16.6 Å². The predicted octanol–water partition coefficient (Wildman–Crippen LogP) is 4.44. The van der Waals surface area contributed by atoms with Gasteiger partial charge in [-0.1, -0.05) is 29.8 Å². The molecule has 5 heteroatoms. The van der Waals surface area contributed by atoms with E-state index in [0.29, 0.717) is 5.92 Å². The van der Waals surface area contributed by atoms with Crippen LogP contribution < -0.4 is 0 Å². The van der Waals surface area contributed by atoms with Crippen molar-refractivity contribution < 1.29 is 0 Å². The zero-order chi connectivity index (χ0) is 18.6. The van der Waals surface area contributed by atoms with Gasteiger partial charge in [0.05, 0.1) is 5.69 Å². The summed E-state index contributed by atoms with van der Waals surface area (Å²) in [6, 6.07) is 14.6. The molecule has 1 aliphatic rings. The van der Waals surface area contributed by atoms with E-state index in [0.717, 1.165) is 31.1 Å². The molecule has 4 nitrogen and oxygen atoms in total. The van der Waals surface area contributed by atoms with Crippen LogP contribution >= 0.6 is 11.6 Å². The Kier molecular flexibility index (Phi) is 5.55. The van der Waals surface area contributed by atoms with Crippen molar-refractivity contribution in [1.29, 1.82) is 0 Å². The van der Waals surface area contributed by atoms with Crippen molar-refractivity contribution in [2.75, 3.05) is 13.1 Å². The maximum Gasteiger partial charge on any atom is 0.0521 e. The Hall–Kier alpha value is -2.17. The van der Waals surface area contributed by atoms with Gasteiger partial charge in [0.25, 0.3) is 0 Å². The van der Waals surface area contributed by atoms with Crippen molar-refractivity contribution in [2.45, 2.75) is 31.7 Å². The molecule has 0 bridgehead atoms. The van der Waals surface area contributed by atoms with Crippen LogP contribution in [0.25, 0.3) is 0 Å². The number of likely N-dealkylation sites (tertiary alicyclic amines) is 1. The van der Waals surface area contributed by atoms with Crippen LogP contribution in [0.3, 0.4) is 0 Å². The molecule has 1 aliphatic heterocycles. The number of hydrogen-bond donors (Lipinski definition) is 0. The molecule has 0 radical (unpaired) electrons. The molecule has 0 spiro atoms. The van der Waals surface area contributed by atoms with Gasteiger partial charge in [-0.25, -0.2) is 0 Å². The van der Waals surface area contributed by atoms with Crippen LogP contribution in [0, 0.1) is 0 Å². The van der Waals surface area contributed by atoms with Gasteiger partial charge in [0.1, 0.15) is 0 Å². The maximum atomic E-state index is 6.08. The summed E-state index contributed by atoms with van der Waals surface area (Å²) in [5.41, 5.74) is 4.96. The molecule has 27 heavy (non-hydrogen) atoms. The van der Waals surface area contributed by atoms with Gasteiger partial charge in [0.15, 0.2) is 0 Å². The van der Waals surface area contributed by atoms with E-state index >= 15 is 0 Å². The first kappa shape index (κ1) is 18.2. The first-order valence-corrected chi connectivity index (χ1v) is 9.94. The number of piperidine rings is 1. The van der Waals surface area contributed by atoms with Gasteiger partial charge in [-0.2, -0.15) is 5.10 Å². The van der Waals surface area contributed by atoms with E-state index in [9.17, 15) is 0 Å². The lowest BCUT2D eigenvalue weighted by atomic mass is 9.92. The van der Waals surface area contributed by atoms with Crippen LogP contribution in [0.15, 0.2) is 54.9 Å². The molecule has 3 aromatic rings. The minimum Gasteiger partial charge on any atom is -0.297 e. The Morgan fingerprint density at radius 2 is 1.93 bits per heavy atom. The van der Waals surface area contributed by atoms with Gasteiger partial charge in [0.2, 0.25) is 0 Å². The van der Waals surface area contributed by atoms with Crippen molar-refractivity contribution in [1.82, 2.24) is 19.7 Å². The lowest BCUT2D eigenvalue weighted by molar-refractivity contribution is 0.199. The number of benzene rings is 1. The SMILES string of the molecule is Cn1nccc1CN1CCC(c2ccc(Cc3cccc(Cl)c3)cn2)CC1. The molecule has 1 fully saturated rings. The summed E-state index contributed by atoms with van der Waals surface area (Å²) in [5.74, 6) is 0.563. The summed E-state index contributed by atoms with van der Waals surface area (Å²) >= 11 is 6.08. The highest BCUT2D eigenvalue weighted by Crippen LogP contribution is 2.27. The quantitative estimate of drug-likeness (QED) is 0.656. The fourth-order valence-corrected chi connectivity index (χ4v) is 4.05. The molecule has 0 unspecified atom stereocenters. The average molecular weight is 381 g/mol. The second kappa shape index (κ2) is 8.24. The summed E-state index contributed by atoms with van der Waals surface area (Å²) in [6.07, 6.45) is 7.10. The largest absolute Gasteiger partial charge is 0.297 e. The summed E-state index contributed by atoms with van der Waals surface area (Å²) in [4.78, 5) is 7.29. The molecule has 4 rings (SSSR count). The van der Waals surface area contributed by atoms with Gasteiger partial charge < -0.3 is 0 Å². The smallest absolute Gasteiger partial charge is 0.0521 e. The molecular formula is C22H25ClN4. The van der Waals surface area contributed by atoms with Crippen LogP contribution in [0.4, 0.5) is 0 Å². The Morgan fingerprint density at radius 3 is 2.59 bits per heavy atom. The fraction of sp³-hybridized carbons (Fsp3) is 0.364. The van der Waals surface area contributed by atoms with Gasteiger partial charge >= 0.3 is 0 Å². The van der Waals surface area contributed by atoms with Crippen LogP contribution in [-0.4, -0.2) is 32.8 Å². The zero-order valence-electron chi connectivity index (χ0n) is 15.7. The number of hydrogen-bond acceptors (Lipinski definition) is 3. The molecule has 0 atom stereocenters. The Balaban J connectivity index is 1.33. The normalized spacial score (nSPS) is 15.9. The van der Waals surface area contributed by atoms with Gasteiger partial charge in [-0.05, 0) is 67.7 Å². The molecule has 1 aromatic carbocycles. The first-order chi connectivity index (χ1) is 13.2. The lowest BCUT2D eigenvalue weighted by Crippen LogP contribution is -2.33. The molecule has 0 N–H and O–H groups in total. The standard InChI is InChI=1S/C22H25ClN4/c1-26-21(7-10-25-26)16-27-11-8-19(9-12-27)22-6-5-18(15-24-22)13-17-3-2-4-20(23)14-17/h2-7,10,14-15,19H,8-9,11-13,16H2,1H3. The number of pyridine rings is 1. The van der Waals surface area contributed by atoms with Crippen molar-refractivity contribution in [3.05, 3.63) is 82.4 Å². The molecule has 1 saturated heterocycles. The third kappa shape index (κ3) is 4.57. The van der Waals surface area contributed by atoms with Gasteiger partial charge in [-0.15, -0.1) is 0 Å². The van der Waals surface area contributed by atoms with Crippen LogP contribution in [0.5, 0.6) is 0 Å². The third-order valence-electron chi connectivity index (χ3n) is 5.46. The van der Waals surface area contributed by atoms with Crippen molar-refractivity contribution in [3.63, 3.8) is 0 Å². The van der Waals surface area contributed by atoms with Crippen molar-refractivity contribution in [2.24, 2.45) is 7.05 Å². The Morgan fingerprint density at radius 1 is 1.07 bits per heavy atom. The number of aryl methyl sites for hydroxylation is 1. The second-order valence-electron chi connectivity index (χ2n) is 7.39. The van der Waals surface area contributed by atoms with Crippen molar-refractivity contribution in [3.8, 4) is 0 Å². The summed E-state index contributed by atoms with van der Waals surface area (Å²) in [5, 5.41) is 5.05. The van der Waals surface area contributed by atoms with Crippen LogP contribution in [0.2, 0.25) is 5.02 Å². The zero-order valence-corrected chi connectivity index (χ0v) is 16.4. The lowest BCUT2D eigenvalue weighted by Gasteiger charge is -2.31. The minimum absolute atomic E-state index is 0.563. The summed E-state index contributed by atoms with van der Waals surface area (Å²) in [7, 11) is 2.01. The highest BCUT2D eigenvalue weighted by Gasteiger charge is 2.22. The molecular weight excluding hydrogens is 356 g/mol. The van der Waals surface area contributed by atoms with E-state index in [1.54, 1.807) is 0 Å². The molecule has 2 aromatic heterocycles. The Labute approximate surface area is 165 Å². The second-order valence-corrected chi connectivity index (χ2v) is 7.83. The molecule has 3 heterocycles. The molecule has 140 valence electrons. The van der Waals surface area contributed by atoms with E-state index in [2.05, 4.69) is 34.3 Å². The number of nitrogens with zero attached hydrogens (tertiary/aromatic N) is 4. The van der Waals surface area contributed by atoms with E-state index in [-0.39, 0.29) is 0 Å². The van der Waals surface area contributed by atoms with Crippen LogP contribution in [0.1, 0.15) is 41.3 Å². The van der Waals surface area contributed by atoms with E-state index in [1.165, 1.54) is 35.4 Å². The molecule has 0 saturated carbocycles. The van der Waals surface area contributed by atoms with Crippen molar-refractivity contribution >= 4 is 11.6 Å². The van der Waals surface area contributed by atoms with Gasteiger partial charge in [0, 0.05) is 42.6 Å². The molecule has 0 amide bonds. The Bertz CT molecular complexity index is 879. The van der Waals surface area contributed by atoms with E-state index < -0.39 is 0 Å². The highest BCUT2D eigenvalue weighted by molar-refractivity contribution is 6.30. The first-order valence-electron chi connectivity index (χ1n) is 9.56. The summed E-state index contributed by atoms with van der Waals surface area (Å²) < 4.78 is 1.96. The monoisotopic (exact) mass is 380 g/mol. The minimum atomic E-state index is 0.563. The number of aromatic nitrogens is 3. The van der Waals surface area contributed by atoms with Crippen LogP contribution in [-0.2, 0) is 20.0 Å². The summed E-state index contributed by atoms with van der Waals surface area (Å²) in [6.45, 7) is 3.21. The number of halogens is 1. The highest BCUT2D eigenvalue weighted by atomic mass is 35.5. The molecule has 0 aliphatic carbocycles. The number of rotatable bonds is 5. The predicted molar refractivity (Wildman–Crippen MR) is 109 cm³/mol.